The Labute approximate surface area is 568 Å². The molecule has 20 heteroatoms. The predicted octanol–water partition coefficient (Wildman–Crippen LogP) is 10.6. The number of hydrogen-bond donors (Lipinski definition) is 2. The maximum Gasteiger partial charge on any atom is 0.246 e. The van der Waals surface area contributed by atoms with Gasteiger partial charge in [0.15, 0.2) is 34.7 Å². The Morgan fingerprint density at radius 1 is 0.490 bits per heavy atom. The van der Waals surface area contributed by atoms with Gasteiger partial charge in [-0.1, -0.05) is 139 Å². The average Bonchev–Trinajstić information content (AvgIpc) is 1.63. The third kappa shape index (κ3) is 19.5. The summed E-state index contributed by atoms with van der Waals surface area (Å²) >= 11 is 0. The third-order valence-corrected chi connectivity index (χ3v) is 21.3. The van der Waals surface area contributed by atoms with E-state index < -0.39 is 71.1 Å². The van der Waals surface area contributed by atoms with E-state index in [9.17, 15) is 57.5 Å². The van der Waals surface area contributed by atoms with E-state index in [1.807, 2.05) is 106 Å². The van der Waals surface area contributed by atoms with Crippen molar-refractivity contribution in [2.75, 3.05) is 13.1 Å². The number of aromatic nitrogens is 4. The van der Waals surface area contributed by atoms with Crippen molar-refractivity contribution in [2.24, 2.45) is 76.9 Å². The van der Waals surface area contributed by atoms with Gasteiger partial charge in [-0.05, 0) is 116 Å². The van der Waals surface area contributed by atoms with Crippen LogP contribution < -0.4 is 10.6 Å². The van der Waals surface area contributed by atoms with Crippen molar-refractivity contribution in [3.05, 3.63) is 84.5 Å². The third-order valence-electron chi connectivity index (χ3n) is 21.3. The Balaban J connectivity index is 0.000000272. The molecular weight excluding hydrogens is 1220 g/mol. The molecule has 3 aromatic rings. The molecule has 0 spiro atoms. The Kier molecular flexibility index (Phi) is 28.3. The molecule has 0 bridgehead atoms. The summed E-state index contributed by atoms with van der Waals surface area (Å²) in [7, 11) is 0. The summed E-state index contributed by atoms with van der Waals surface area (Å²) in [6.07, 6.45) is 19.3. The molecule has 4 heterocycles. The van der Waals surface area contributed by atoms with Gasteiger partial charge in [-0.2, -0.15) is 0 Å². The van der Waals surface area contributed by atoms with Crippen molar-refractivity contribution in [3.63, 3.8) is 0 Å². The number of hydrogen-bond acceptors (Lipinski definition) is 16. The molecule has 5 aliphatic rings. The largest absolute Gasteiger partial charge is 0.344 e. The fraction of sp³-hybridized carbons (Fsp3) is 0.658. The lowest BCUT2D eigenvalue weighted by molar-refractivity contribution is -0.145. The molecule has 2 saturated heterocycles. The van der Waals surface area contributed by atoms with Crippen LogP contribution in [-0.4, -0.2) is 137 Å². The van der Waals surface area contributed by atoms with Gasteiger partial charge in [-0.3, -0.25) is 67.5 Å². The topological polar surface area (TPSA) is 287 Å². The predicted molar refractivity (Wildman–Crippen MR) is 362 cm³/mol. The first-order valence-electron chi connectivity index (χ1n) is 35.8. The van der Waals surface area contributed by atoms with Crippen LogP contribution in [0.25, 0.3) is 0 Å². The number of rotatable bonds is 35. The highest BCUT2D eigenvalue weighted by atomic mass is 16.2. The van der Waals surface area contributed by atoms with Crippen molar-refractivity contribution >= 4 is 69.9 Å². The minimum atomic E-state index is -0.904. The summed E-state index contributed by atoms with van der Waals surface area (Å²) in [4.78, 5) is 182. The molecule has 0 radical (unpaired) electrons. The lowest BCUT2D eigenvalue weighted by atomic mass is 9.79. The van der Waals surface area contributed by atoms with Gasteiger partial charge in [0.25, 0.3) is 0 Å². The Morgan fingerprint density at radius 2 is 0.906 bits per heavy atom. The number of amides is 4. The van der Waals surface area contributed by atoms with Crippen LogP contribution in [0.5, 0.6) is 0 Å². The molecule has 522 valence electrons. The van der Waals surface area contributed by atoms with Crippen LogP contribution in [0.4, 0.5) is 0 Å². The number of ketones is 8. The molecule has 5 fully saturated rings. The SMILES string of the molecule is CCCC(CC(=O)[C@@H]1[C@H]2CCC[C@H]2CN1C(=O)[C@@H](NC(=O)[C@H](CC(=O)c1cnccn1)C(C)C)C(C)C)C(=O)C(=O)CC1CCC1.CCCC(CC(=O)[C@@H]1[C@H]2CCC[C@H]2CN1C(=O)[C@@H](NC(=O)[C@H](CC(=O)c1cnccn1)C(C)C)C(C)C)C(=O)C(=O)C[C@H](C)c1ccccc1. The number of likely N-dealkylation sites (tertiary alicyclic amines) is 2. The first-order chi connectivity index (χ1) is 45.8. The molecule has 20 nitrogen and oxygen atoms in total. The lowest BCUT2D eigenvalue weighted by Gasteiger charge is -2.33. The quantitative estimate of drug-likeness (QED) is 0.0409. The number of carbonyl (C=O) groups excluding carboxylic acids is 12. The molecule has 2 aromatic heterocycles. The monoisotopic (exact) mass is 1320 g/mol. The molecule has 13 atom stereocenters. The molecule has 2 aliphatic heterocycles. The minimum Gasteiger partial charge on any atom is -0.344 e. The van der Waals surface area contributed by atoms with Gasteiger partial charge >= 0.3 is 0 Å². The summed E-state index contributed by atoms with van der Waals surface area (Å²) in [5, 5.41) is 5.91. The number of nitrogens with zero attached hydrogens (tertiary/aromatic N) is 6. The van der Waals surface area contributed by atoms with Gasteiger partial charge in [0.1, 0.15) is 23.5 Å². The standard InChI is InChI=1S/C40H54N4O6.C36H52N4O6/c1-7-12-28(38(48)35(47)19-26(6)27-13-9-8-10-14-27)20-34(46)37-30-16-11-15-29(30)23-44(37)40(50)36(25(4)5)43-39(49)31(24(2)3)21-33(45)32-22-41-17-18-42-32;1-6-9-24(34(44)31(43)16-23-10-7-11-23)17-30(42)33-26-13-8-12-25(26)20-40(33)36(46)32(22(4)5)39-35(45)27(21(2)3)18-29(41)28-19-37-14-15-38-28/h8-10,13-14,17-18,22,24-26,28-31,36-37H,7,11-12,15-16,19-21,23H2,1-6H3,(H,43,49);14-15,19,21-27,32-33H,6-13,16-18,20H2,1-5H3,(H,39,45)/t26-,28?,29-,30-,31+,36-,37-;24?,25-,26-,27+,32-,33-/m00/s1. The van der Waals surface area contributed by atoms with Gasteiger partial charge < -0.3 is 20.4 Å². The summed E-state index contributed by atoms with van der Waals surface area (Å²) in [6.45, 7) is 21.5. The number of Topliss-reactive ketones (excluding diaryl/α,β-unsaturated/α-hetero) is 8. The zero-order valence-corrected chi connectivity index (χ0v) is 58.7. The summed E-state index contributed by atoms with van der Waals surface area (Å²) < 4.78 is 0. The van der Waals surface area contributed by atoms with Crippen molar-refractivity contribution in [1.29, 1.82) is 0 Å². The zero-order chi connectivity index (χ0) is 70.1. The van der Waals surface area contributed by atoms with Crippen molar-refractivity contribution in [2.45, 2.75) is 228 Å². The van der Waals surface area contributed by atoms with E-state index in [-0.39, 0.29) is 156 Å². The smallest absolute Gasteiger partial charge is 0.246 e. The van der Waals surface area contributed by atoms with Gasteiger partial charge in [0.2, 0.25) is 35.2 Å². The van der Waals surface area contributed by atoms with Gasteiger partial charge in [-0.15, -0.1) is 0 Å². The molecule has 96 heavy (non-hydrogen) atoms. The molecule has 1 aromatic carbocycles. The Bertz CT molecular complexity index is 3210. The average molecular weight is 1320 g/mol. The van der Waals surface area contributed by atoms with Crippen LogP contribution in [0.15, 0.2) is 67.5 Å². The highest BCUT2D eigenvalue weighted by molar-refractivity contribution is 6.39. The van der Waals surface area contributed by atoms with E-state index in [0.717, 1.165) is 63.4 Å². The number of benzene rings is 1. The van der Waals surface area contributed by atoms with Gasteiger partial charge in [-0.25, -0.2) is 9.97 Å². The number of fused-ring (bicyclic) bond motifs is 2. The van der Waals surface area contributed by atoms with E-state index in [1.54, 1.807) is 9.80 Å². The van der Waals surface area contributed by atoms with Crippen LogP contribution >= 0.6 is 0 Å². The molecule has 8 rings (SSSR count). The first-order valence-corrected chi connectivity index (χ1v) is 35.8. The van der Waals surface area contributed by atoms with Gasteiger partial charge in [0.05, 0.1) is 24.5 Å². The minimum absolute atomic E-state index is 0.0102. The van der Waals surface area contributed by atoms with E-state index in [1.165, 1.54) is 37.2 Å². The van der Waals surface area contributed by atoms with Crippen molar-refractivity contribution in [3.8, 4) is 0 Å². The van der Waals surface area contributed by atoms with Crippen molar-refractivity contribution < 1.29 is 57.5 Å². The van der Waals surface area contributed by atoms with Crippen LogP contribution in [0.3, 0.4) is 0 Å². The fourth-order valence-corrected chi connectivity index (χ4v) is 15.4. The van der Waals surface area contributed by atoms with Crippen LogP contribution in [0.2, 0.25) is 0 Å². The highest BCUT2D eigenvalue weighted by Crippen LogP contribution is 2.46. The fourth-order valence-electron chi connectivity index (χ4n) is 15.4. The summed E-state index contributed by atoms with van der Waals surface area (Å²) in [5.41, 5.74) is 1.35. The maximum atomic E-state index is 14.4. The van der Waals surface area contributed by atoms with Crippen molar-refractivity contribution in [1.82, 2.24) is 40.4 Å². The number of nitrogens with one attached hydrogen (secondary N) is 2. The summed E-state index contributed by atoms with van der Waals surface area (Å²) in [6, 6.07) is 6.42. The summed E-state index contributed by atoms with van der Waals surface area (Å²) in [5.74, 6) is -7.36. The van der Waals surface area contributed by atoms with E-state index in [4.69, 9.17) is 0 Å². The van der Waals surface area contributed by atoms with Crippen LogP contribution in [0.1, 0.15) is 231 Å². The second-order valence-corrected chi connectivity index (χ2v) is 29.6. The maximum absolute atomic E-state index is 14.4. The molecule has 2 N–H and O–H groups in total. The lowest BCUT2D eigenvalue weighted by Crippen LogP contribution is -2.56. The molecule has 3 saturated carbocycles. The highest BCUT2D eigenvalue weighted by Gasteiger charge is 2.53. The molecule has 4 amide bonds. The van der Waals surface area contributed by atoms with Crippen LogP contribution in [0, 0.1) is 76.9 Å². The van der Waals surface area contributed by atoms with E-state index in [2.05, 4.69) is 30.6 Å². The molecular formula is C76H106N8O12. The zero-order valence-electron chi connectivity index (χ0n) is 58.7. The second kappa shape index (κ2) is 35.7. The first kappa shape index (κ1) is 76.0. The molecule has 3 aliphatic carbocycles. The second-order valence-electron chi connectivity index (χ2n) is 29.6. The van der Waals surface area contributed by atoms with E-state index in [0.29, 0.717) is 38.8 Å². The Morgan fingerprint density at radius 3 is 1.27 bits per heavy atom. The van der Waals surface area contributed by atoms with Crippen LogP contribution in [-0.2, 0) is 47.9 Å². The van der Waals surface area contributed by atoms with E-state index >= 15 is 0 Å². The number of carbonyl (C=O) groups is 12. The van der Waals surface area contributed by atoms with Gasteiger partial charge in [0, 0.05) is 100 Å². The normalized spacial score (nSPS) is 21.9. The Hall–Kier alpha value is -7.38. The molecule has 2 unspecified atom stereocenters.